The Kier molecular flexibility index (Phi) is 5.15. The zero-order chi connectivity index (χ0) is 12.0. The predicted octanol–water partition coefficient (Wildman–Crippen LogP) is 2.19. The summed E-state index contributed by atoms with van der Waals surface area (Å²) >= 11 is 1.55. The van der Waals surface area contributed by atoms with Gasteiger partial charge in [-0.15, -0.1) is 11.8 Å². The number of sulfone groups is 1. The lowest BCUT2D eigenvalue weighted by molar-refractivity contribution is 0.596. The van der Waals surface area contributed by atoms with Gasteiger partial charge in [-0.1, -0.05) is 6.92 Å². The number of nitrogen functional groups attached to an aromatic ring is 1. The summed E-state index contributed by atoms with van der Waals surface area (Å²) in [5, 5.41) is 0. The Morgan fingerprint density at radius 3 is 2.38 bits per heavy atom. The summed E-state index contributed by atoms with van der Waals surface area (Å²) in [6.07, 6.45) is 0.689. The van der Waals surface area contributed by atoms with E-state index >= 15 is 0 Å². The first kappa shape index (κ1) is 13.4. The minimum absolute atomic E-state index is 0.246. The van der Waals surface area contributed by atoms with Crippen LogP contribution in [0.15, 0.2) is 29.2 Å². The highest BCUT2D eigenvalue weighted by atomic mass is 32.2. The van der Waals surface area contributed by atoms with Gasteiger partial charge in [-0.2, -0.15) is 0 Å². The molecular weight excluding hydrogens is 242 g/mol. The van der Waals surface area contributed by atoms with Crippen LogP contribution < -0.4 is 5.73 Å². The smallest absolute Gasteiger partial charge is 0.151 e. The highest BCUT2D eigenvalue weighted by molar-refractivity contribution is 8.00. The fourth-order valence-electron chi connectivity index (χ4n) is 1.26. The molecule has 1 rings (SSSR count). The van der Waals surface area contributed by atoms with Crippen LogP contribution in [-0.4, -0.2) is 25.7 Å². The van der Waals surface area contributed by atoms with Gasteiger partial charge < -0.3 is 5.73 Å². The molecule has 0 aliphatic heterocycles. The lowest BCUT2D eigenvalue weighted by Gasteiger charge is -2.03. The minimum Gasteiger partial charge on any atom is -0.399 e. The average Bonchev–Trinajstić information content (AvgIpc) is 2.20. The Balaban J connectivity index is 2.39. The maximum absolute atomic E-state index is 11.4. The van der Waals surface area contributed by atoms with E-state index in [0.717, 1.165) is 10.6 Å². The lowest BCUT2D eigenvalue weighted by Crippen LogP contribution is -2.12. The number of hydrogen-bond acceptors (Lipinski definition) is 4. The van der Waals surface area contributed by atoms with Crippen LogP contribution in [0.5, 0.6) is 0 Å². The van der Waals surface area contributed by atoms with Gasteiger partial charge in [0.1, 0.15) is 0 Å². The number of hydrogen-bond donors (Lipinski definition) is 1. The molecule has 1 aromatic rings. The fourth-order valence-corrected chi connectivity index (χ4v) is 4.00. The number of nitrogens with two attached hydrogens (primary N) is 1. The van der Waals surface area contributed by atoms with Crippen molar-refractivity contribution in [2.24, 2.45) is 0 Å². The molecule has 0 saturated carbocycles. The first-order valence-corrected chi connectivity index (χ1v) is 8.03. The van der Waals surface area contributed by atoms with Crippen LogP contribution in [0.25, 0.3) is 0 Å². The summed E-state index contributed by atoms with van der Waals surface area (Å²) in [6, 6.07) is 7.46. The molecule has 0 fully saturated rings. The molecule has 2 N–H and O–H groups in total. The van der Waals surface area contributed by atoms with E-state index in [9.17, 15) is 8.42 Å². The Hall–Kier alpha value is -0.680. The van der Waals surface area contributed by atoms with Crippen molar-refractivity contribution in [3.05, 3.63) is 24.3 Å². The van der Waals surface area contributed by atoms with E-state index in [1.54, 1.807) is 11.8 Å². The molecule has 0 aliphatic carbocycles. The third kappa shape index (κ3) is 4.90. The summed E-state index contributed by atoms with van der Waals surface area (Å²) in [5.74, 6) is 1.14. The Morgan fingerprint density at radius 1 is 1.19 bits per heavy atom. The molecular formula is C11H17NO2S2. The zero-order valence-corrected chi connectivity index (χ0v) is 11.0. The van der Waals surface area contributed by atoms with Gasteiger partial charge in [-0.3, -0.25) is 0 Å². The van der Waals surface area contributed by atoms with Gasteiger partial charge in [-0.25, -0.2) is 8.42 Å². The van der Waals surface area contributed by atoms with Crippen LogP contribution in [0.1, 0.15) is 13.3 Å². The molecule has 0 aromatic heterocycles. The number of benzene rings is 1. The summed E-state index contributed by atoms with van der Waals surface area (Å²) in [7, 11) is -2.86. The van der Waals surface area contributed by atoms with Crippen molar-refractivity contribution < 1.29 is 8.42 Å². The molecule has 0 radical (unpaired) electrons. The van der Waals surface area contributed by atoms with Crippen LogP contribution in [0, 0.1) is 0 Å². The van der Waals surface area contributed by atoms with Crippen molar-refractivity contribution in [3.8, 4) is 0 Å². The largest absolute Gasteiger partial charge is 0.399 e. The molecule has 90 valence electrons. The van der Waals surface area contributed by atoms with E-state index in [2.05, 4.69) is 0 Å². The molecule has 16 heavy (non-hydrogen) atoms. The van der Waals surface area contributed by atoms with Crippen LogP contribution >= 0.6 is 11.8 Å². The molecule has 0 spiro atoms. The first-order valence-electron chi connectivity index (χ1n) is 5.22. The van der Waals surface area contributed by atoms with Gasteiger partial charge >= 0.3 is 0 Å². The molecule has 0 saturated heterocycles. The van der Waals surface area contributed by atoms with E-state index in [-0.39, 0.29) is 11.5 Å². The Labute approximate surface area is 101 Å². The zero-order valence-electron chi connectivity index (χ0n) is 9.35. The Morgan fingerprint density at radius 2 is 1.81 bits per heavy atom. The number of anilines is 1. The number of rotatable bonds is 6. The molecule has 5 heteroatoms. The topological polar surface area (TPSA) is 60.2 Å². The molecule has 0 atom stereocenters. The molecule has 0 heterocycles. The maximum Gasteiger partial charge on any atom is 0.151 e. The summed E-state index contributed by atoms with van der Waals surface area (Å²) in [4.78, 5) is 1.06. The van der Waals surface area contributed by atoms with Crippen molar-refractivity contribution in [2.45, 2.75) is 18.2 Å². The van der Waals surface area contributed by atoms with Crippen molar-refractivity contribution in [3.63, 3.8) is 0 Å². The van der Waals surface area contributed by atoms with Gasteiger partial charge in [0, 0.05) is 22.1 Å². The van der Waals surface area contributed by atoms with Crippen LogP contribution in [0.2, 0.25) is 0 Å². The molecule has 0 aliphatic rings. The third-order valence-corrected chi connectivity index (χ3v) is 5.19. The second-order valence-corrected chi connectivity index (χ2v) is 7.04. The molecule has 0 unspecified atom stereocenters. The fraction of sp³-hybridized carbons (Fsp3) is 0.455. The highest BCUT2D eigenvalue weighted by Crippen LogP contribution is 2.19. The van der Waals surface area contributed by atoms with E-state index < -0.39 is 9.84 Å². The third-order valence-electron chi connectivity index (χ3n) is 2.06. The van der Waals surface area contributed by atoms with E-state index in [1.165, 1.54) is 0 Å². The van der Waals surface area contributed by atoms with Crippen LogP contribution in [0.4, 0.5) is 5.69 Å². The summed E-state index contributed by atoms with van der Waals surface area (Å²) in [6.45, 7) is 1.88. The van der Waals surface area contributed by atoms with Crippen molar-refractivity contribution in [2.75, 3.05) is 23.0 Å². The number of thioether (sulfide) groups is 1. The normalized spacial score (nSPS) is 11.6. The summed E-state index contributed by atoms with van der Waals surface area (Å²) < 4.78 is 22.9. The van der Waals surface area contributed by atoms with Crippen molar-refractivity contribution in [1.82, 2.24) is 0 Å². The monoisotopic (exact) mass is 259 g/mol. The first-order chi connectivity index (χ1) is 7.53. The van der Waals surface area contributed by atoms with Crippen molar-refractivity contribution in [1.29, 1.82) is 0 Å². The Bertz CT molecular complexity index is 412. The standard InChI is InChI=1S/C11H17NO2S2/c1-2-8-16(13,14)9-7-15-11-5-3-10(12)4-6-11/h3-6H,2,7-9,12H2,1H3. The van der Waals surface area contributed by atoms with Gasteiger partial charge in [0.25, 0.3) is 0 Å². The molecule has 0 amide bonds. The summed E-state index contributed by atoms with van der Waals surface area (Å²) in [5.41, 5.74) is 6.28. The second kappa shape index (κ2) is 6.15. The minimum atomic E-state index is -2.86. The van der Waals surface area contributed by atoms with Crippen molar-refractivity contribution >= 4 is 27.3 Å². The van der Waals surface area contributed by atoms with Gasteiger partial charge in [0.2, 0.25) is 0 Å². The lowest BCUT2D eigenvalue weighted by atomic mass is 10.3. The SMILES string of the molecule is CCCS(=O)(=O)CCSc1ccc(N)cc1. The van der Waals surface area contributed by atoms with Gasteiger partial charge in [-0.05, 0) is 30.7 Å². The maximum atomic E-state index is 11.4. The quantitative estimate of drug-likeness (QED) is 0.628. The molecule has 0 bridgehead atoms. The van der Waals surface area contributed by atoms with E-state index in [4.69, 9.17) is 5.73 Å². The molecule has 3 nitrogen and oxygen atoms in total. The van der Waals surface area contributed by atoms with E-state index in [0.29, 0.717) is 12.2 Å². The van der Waals surface area contributed by atoms with Gasteiger partial charge in [0.05, 0.1) is 5.75 Å². The second-order valence-electron chi connectivity index (χ2n) is 3.57. The molecule has 1 aromatic carbocycles. The average molecular weight is 259 g/mol. The van der Waals surface area contributed by atoms with Gasteiger partial charge in [0.15, 0.2) is 9.84 Å². The highest BCUT2D eigenvalue weighted by Gasteiger charge is 2.08. The predicted molar refractivity (Wildman–Crippen MR) is 70.5 cm³/mol. The van der Waals surface area contributed by atoms with Crippen LogP contribution in [0.3, 0.4) is 0 Å². The van der Waals surface area contributed by atoms with Crippen LogP contribution in [-0.2, 0) is 9.84 Å². The van der Waals surface area contributed by atoms with E-state index in [1.807, 2.05) is 31.2 Å².